The van der Waals surface area contributed by atoms with Crippen LogP contribution in [0.3, 0.4) is 0 Å². The second-order valence-electron chi connectivity index (χ2n) is 4.68. The minimum atomic E-state index is 0.516. The first-order chi connectivity index (χ1) is 9.63. The fourth-order valence-electron chi connectivity index (χ4n) is 1.89. The second kappa shape index (κ2) is 7.38. The summed E-state index contributed by atoms with van der Waals surface area (Å²) in [6, 6.07) is 6.47. The van der Waals surface area contributed by atoms with Crippen molar-refractivity contribution < 1.29 is 4.74 Å². The van der Waals surface area contributed by atoms with Gasteiger partial charge >= 0.3 is 0 Å². The van der Waals surface area contributed by atoms with Gasteiger partial charge in [-0.3, -0.25) is 4.98 Å². The molecule has 1 atom stereocenters. The Labute approximate surface area is 136 Å². The molecular formula is C15H18Br2N2O. The Hall–Kier alpha value is -0.650. The summed E-state index contributed by atoms with van der Waals surface area (Å²) >= 11 is 7.10. The van der Waals surface area contributed by atoms with E-state index in [4.69, 9.17) is 4.74 Å². The Kier molecular flexibility index (Phi) is 5.81. The van der Waals surface area contributed by atoms with Gasteiger partial charge < -0.3 is 10.1 Å². The van der Waals surface area contributed by atoms with E-state index in [1.165, 1.54) is 0 Å². The third kappa shape index (κ3) is 3.71. The van der Waals surface area contributed by atoms with Crippen molar-refractivity contribution in [2.75, 3.05) is 13.2 Å². The third-order valence-corrected chi connectivity index (χ3v) is 4.45. The topological polar surface area (TPSA) is 34.1 Å². The van der Waals surface area contributed by atoms with Gasteiger partial charge in [-0.15, -0.1) is 0 Å². The molecule has 0 fully saturated rings. The average Bonchev–Trinajstić information content (AvgIpc) is 2.46. The number of nitrogens with zero attached hydrogens (tertiary/aromatic N) is 1. The smallest absolute Gasteiger partial charge is 0.159 e. The fraction of sp³-hybridized carbons (Fsp3) is 0.400. The molecule has 0 aliphatic rings. The van der Waals surface area contributed by atoms with Crippen molar-refractivity contribution in [2.45, 2.75) is 26.3 Å². The second-order valence-corrected chi connectivity index (χ2v) is 6.39. The number of hydrogen-bond donors (Lipinski definition) is 1. The molecule has 108 valence electrons. The van der Waals surface area contributed by atoms with Crippen molar-refractivity contribution in [1.82, 2.24) is 10.3 Å². The maximum atomic E-state index is 5.91. The van der Waals surface area contributed by atoms with Crippen LogP contribution >= 0.6 is 31.9 Å². The predicted octanol–water partition coefficient (Wildman–Crippen LogP) is 4.53. The monoisotopic (exact) mass is 400 g/mol. The highest BCUT2D eigenvalue weighted by atomic mass is 79.9. The maximum Gasteiger partial charge on any atom is 0.159 e. The molecule has 1 heterocycles. The van der Waals surface area contributed by atoms with Crippen LogP contribution in [0.25, 0.3) is 10.9 Å². The Bertz CT molecular complexity index is 589. The summed E-state index contributed by atoms with van der Waals surface area (Å²) < 4.78 is 7.83. The van der Waals surface area contributed by atoms with E-state index in [0.717, 1.165) is 38.6 Å². The molecule has 0 bridgehead atoms. The van der Waals surface area contributed by atoms with Gasteiger partial charge in [-0.05, 0) is 41.4 Å². The molecule has 0 saturated carbocycles. The zero-order valence-corrected chi connectivity index (χ0v) is 14.8. The highest BCUT2D eigenvalue weighted by molar-refractivity contribution is 9.11. The molecule has 1 aromatic carbocycles. The summed E-state index contributed by atoms with van der Waals surface area (Å²) in [5.41, 5.74) is 0.872. The first-order valence-electron chi connectivity index (χ1n) is 6.72. The van der Waals surface area contributed by atoms with Crippen molar-refractivity contribution in [3.05, 3.63) is 33.3 Å². The van der Waals surface area contributed by atoms with Crippen LogP contribution in [0.5, 0.6) is 5.75 Å². The van der Waals surface area contributed by atoms with E-state index in [-0.39, 0.29) is 0 Å². The zero-order valence-electron chi connectivity index (χ0n) is 11.6. The molecule has 0 aliphatic carbocycles. The summed E-state index contributed by atoms with van der Waals surface area (Å²) in [6.45, 7) is 5.79. The minimum Gasteiger partial charge on any atom is -0.489 e. The third-order valence-electron chi connectivity index (χ3n) is 3.20. The van der Waals surface area contributed by atoms with Crippen molar-refractivity contribution in [2.24, 2.45) is 0 Å². The molecule has 1 N–H and O–H groups in total. The SMILES string of the molecule is CCC(C)NCCOc1c(Br)cc(Br)c2cccnc12. The van der Waals surface area contributed by atoms with Crippen molar-refractivity contribution >= 4 is 42.8 Å². The zero-order chi connectivity index (χ0) is 14.5. The van der Waals surface area contributed by atoms with Gasteiger partial charge in [0.1, 0.15) is 12.1 Å². The maximum absolute atomic E-state index is 5.91. The van der Waals surface area contributed by atoms with E-state index in [1.54, 1.807) is 6.20 Å². The molecule has 1 aromatic heterocycles. The Balaban J connectivity index is 2.13. The number of pyridine rings is 1. The van der Waals surface area contributed by atoms with Crippen molar-refractivity contribution in [3.63, 3.8) is 0 Å². The summed E-state index contributed by atoms with van der Waals surface area (Å²) in [5, 5.41) is 4.47. The summed E-state index contributed by atoms with van der Waals surface area (Å²) in [4.78, 5) is 4.43. The molecule has 0 amide bonds. The number of hydrogen-bond acceptors (Lipinski definition) is 3. The number of rotatable bonds is 6. The lowest BCUT2D eigenvalue weighted by Crippen LogP contribution is -2.29. The molecule has 20 heavy (non-hydrogen) atoms. The first-order valence-corrected chi connectivity index (χ1v) is 8.31. The lowest BCUT2D eigenvalue weighted by molar-refractivity contribution is 0.307. The molecule has 0 saturated heterocycles. The molecule has 5 heteroatoms. The summed E-state index contributed by atoms with van der Waals surface area (Å²) in [6.07, 6.45) is 2.90. The van der Waals surface area contributed by atoms with E-state index in [0.29, 0.717) is 12.6 Å². The van der Waals surface area contributed by atoms with E-state index < -0.39 is 0 Å². The molecule has 2 aromatic rings. The lowest BCUT2D eigenvalue weighted by Gasteiger charge is -2.14. The van der Waals surface area contributed by atoms with Crippen LogP contribution in [-0.4, -0.2) is 24.2 Å². The standard InChI is InChI=1S/C15H18Br2N2O/c1-3-10(2)18-7-8-20-15-13(17)9-12(16)11-5-4-6-19-14(11)15/h4-6,9-10,18H,3,7-8H2,1-2H3. The quantitative estimate of drug-likeness (QED) is 0.722. The predicted molar refractivity (Wildman–Crippen MR) is 90.4 cm³/mol. The Morgan fingerprint density at radius 2 is 2.15 bits per heavy atom. The van der Waals surface area contributed by atoms with Crippen molar-refractivity contribution in [1.29, 1.82) is 0 Å². The van der Waals surface area contributed by atoms with Crippen LogP contribution in [0.2, 0.25) is 0 Å². The Morgan fingerprint density at radius 3 is 2.90 bits per heavy atom. The van der Waals surface area contributed by atoms with E-state index in [1.807, 2.05) is 18.2 Å². The normalized spacial score (nSPS) is 12.6. The fourth-order valence-corrected chi connectivity index (χ4v) is 3.27. The largest absolute Gasteiger partial charge is 0.489 e. The van der Waals surface area contributed by atoms with E-state index >= 15 is 0 Å². The number of aromatic nitrogens is 1. The molecular weight excluding hydrogens is 384 g/mol. The van der Waals surface area contributed by atoms with Crippen LogP contribution in [-0.2, 0) is 0 Å². The van der Waals surface area contributed by atoms with Crippen LogP contribution in [0.4, 0.5) is 0 Å². The summed E-state index contributed by atoms with van der Waals surface area (Å²) in [7, 11) is 0. The van der Waals surface area contributed by atoms with Gasteiger partial charge in [0.2, 0.25) is 0 Å². The minimum absolute atomic E-state index is 0.516. The first kappa shape index (κ1) is 15.7. The molecule has 1 unspecified atom stereocenters. The average molecular weight is 402 g/mol. The van der Waals surface area contributed by atoms with E-state index in [9.17, 15) is 0 Å². The molecule has 0 spiro atoms. The van der Waals surface area contributed by atoms with Gasteiger partial charge in [-0.2, -0.15) is 0 Å². The Morgan fingerprint density at radius 1 is 1.35 bits per heavy atom. The number of ether oxygens (including phenoxy) is 1. The van der Waals surface area contributed by atoms with Crippen LogP contribution < -0.4 is 10.1 Å². The molecule has 2 rings (SSSR count). The number of nitrogens with one attached hydrogen (secondary N) is 1. The van der Waals surface area contributed by atoms with Gasteiger partial charge in [-0.1, -0.05) is 28.9 Å². The van der Waals surface area contributed by atoms with Crippen LogP contribution in [0.15, 0.2) is 33.3 Å². The lowest BCUT2D eigenvalue weighted by atomic mass is 10.2. The van der Waals surface area contributed by atoms with Crippen LogP contribution in [0.1, 0.15) is 20.3 Å². The van der Waals surface area contributed by atoms with Gasteiger partial charge in [0.25, 0.3) is 0 Å². The van der Waals surface area contributed by atoms with Crippen molar-refractivity contribution in [3.8, 4) is 5.75 Å². The van der Waals surface area contributed by atoms with Crippen LogP contribution in [0, 0.1) is 0 Å². The van der Waals surface area contributed by atoms with Gasteiger partial charge in [0.05, 0.1) is 4.47 Å². The van der Waals surface area contributed by atoms with Gasteiger partial charge in [0, 0.05) is 28.6 Å². The number of halogens is 2. The molecule has 3 nitrogen and oxygen atoms in total. The molecule has 0 radical (unpaired) electrons. The highest BCUT2D eigenvalue weighted by Crippen LogP contribution is 2.37. The van der Waals surface area contributed by atoms with E-state index in [2.05, 4.69) is 56.0 Å². The highest BCUT2D eigenvalue weighted by Gasteiger charge is 2.11. The van der Waals surface area contributed by atoms with Gasteiger partial charge in [-0.25, -0.2) is 0 Å². The van der Waals surface area contributed by atoms with Gasteiger partial charge in [0.15, 0.2) is 5.75 Å². The number of benzene rings is 1. The number of fused-ring (bicyclic) bond motifs is 1. The summed E-state index contributed by atoms with van der Waals surface area (Å²) in [5.74, 6) is 0.801. The molecule has 0 aliphatic heterocycles.